The Bertz CT molecular complexity index is 614. The van der Waals surface area contributed by atoms with Crippen molar-refractivity contribution in [2.24, 2.45) is 0 Å². The van der Waals surface area contributed by atoms with Crippen molar-refractivity contribution in [3.63, 3.8) is 0 Å². The molecule has 1 saturated carbocycles. The van der Waals surface area contributed by atoms with Crippen LogP contribution in [0.4, 0.5) is 0 Å². The van der Waals surface area contributed by atoms with Gasteiger partial charge >= 0.3 is 0 Å². The van der Waals surface area contributed by atoms with Gasteiger partial charge in [-0.25, -0.2) is 4.98 Å². The summed E-state index contributed by atoms with van der Waals surface area (Å²) in [7, 11) is 0. The van der Waals surface area contributed by atoms with E-state index in [1.54, 1.807) is 6.07 Å². The van der Waals surface area contributed by atoms with Gasteiger partial charge in [-0.05, 0) is 31.0 Å². The second-order valence-corrected chi connectivity index (χ2v) is 5.28. The zero-order valence-electron chi connectivity index (χ0n) is 11.0. The van der Waals surface area contributed by atoms with Gasteiger partial charge in [0.1, 0.15) is 5.65 Å². The smallest absolute Gasteiger partial charge is 0.249 e. The highest BCUT2D eigenvalue weighted by molar-refractivity contribution is 5.74. The van der Waals surface area contributed by atoms with Gasteiger partial charge in [0.25, 0.3) is 0 Å². The van der Waals surface area contributed by atoms with Gasteiger partial charge < -0.3 is 10.3 Å². The van der Waals surface area contributed by atoms with E-state index in [1.165, 1.54) is 38.2 Å². The minimum Gasteiger partial charge on any atom is -0.308 e. The number of nitrogens with one attached hydrogen (secondary N) is 2. The van der Waals surface area contributed by atoms with Crippen molar-refractivity contribution in [3.05, 3.63) is 40.3 Å². The second-order valence-electron chi connectivity index (χ2n) is 5.28. The molecule has 2 N–H and O–H groups in total. The predicted molar refractivity (Wildman–Crippen MR) is 76.1 cm³/mol. The van der Waals surface area contributed by atoms with E-state index >= 15 is 0 Å². The monoisotopic (exact) mass is 257 g/mol. The molecule has 0 amide bonds. The van der Waals surface area contributed by atoms with Crippen LogP contribution in [-0.4, -0.2) is 16.0 Å². The van der Waals surface area contributed by atoms with Crippen molar-refractivity contribution in [2.45, 2.75) is 44.7 Å². The van der Waals surface area contributed by atoms with Gasteiger partial charge in [0, 0.05) is 24.0 Å². The molecule has 0 unspecified atom stereocenters. The quantitative estimate of drug-likeness (QED) is 0.887. The standard InChI is InChI=1S/C15H19N3O/c19-14-9-7-11-6-8-13(17-15(11)18-14)10-16-12-4-2-1-3-5-12/h6-9,12,16H,1-5,10H2,(H,17,18,19). The molecule has 2 heterocycles. The number of aromatic nitrogens is 2. The Labute approximate surface area is 112 Å². The molecule has 0 spiro atoms. The fraction of sp³-hybridized carbons (Fsp3) is 0.467. The first kappa shape index (κ1) is 12.4. The minimum atomic E-state index is -0.0996. The maximum Gasteiger partial charge on any atom is 0.249 e. The normalized spacial score (nSPS) is 16.8. The predicted octanol–water partition coefficient (Wildman–Crippen LogP) is 2.35. The summed E-state index contributed by atoms with van der Waals surface area (Å²) in [6, 6.07) is 8.00. The second kappa shape index (κ2) is 5.53. The van der Waals surface area contributed by atoms with E-state index in [9.17, 15) is 4.79 Å². The third kappa shape index (κ3) is 3.01. The average molecular weight is 257 g/mol. The van der Waals surface area contributed by atoms with Crippen molar-refractivity contribution in [1.29, 1.82) is 0 Å². The Morgan fingerprint density at radius 3 is 2.79 bits per heavy atom. The fourth-order valence-electron chi connectivity index (χ4n) is 2.72. The first-order valence-electron chi connectivity index (χ1n) is 7.03. The molecular weight excluding hydrogens is 238 g/mol. The lowest BCUT2D eigenvalue weighted by Crippen LogP contribution is -2.30. The topological polar surface area (TPSA) is 57.8 Å². The van der Waals surface area contributed by atoms with Gasteiger partial charge in [0.05, 0.1) is 5.69 Å². The molecular formula is C15H19N3O. The SMILES string of the molecule is O=c1ccc2ccc(CNC3CCCCC3)nc2[nH]1. The van der Waals surface area contributed by atoms with E-state index in [1.807, 2.05) is 12.1 Å². The summed E-state index contributed by atoms with van der Waals surface area (Å²) >= 11 is 0. The number of hydrogen-bond donors (Lipinski definition) is 2. The maximum absolute atomic E-state index is 11.3. The largest absolute Gasteiger partial charge is 0.308 e. The summed E-state index contributed by atoms with van der Waals surface area (Å²) in [5, 5.41) is 4.54. The lowest BCUT2D eigenvalue weighted by Gasteiger charge is -2.22. The lowest BCUT2D eigenvalue weighted by molar-refractivity contribution is 0.371. The molecule has 3 rings (SSSR count). The van der Waals surface area contributed by atoms with Crippen LogP contribution in [0.2, 0.25) is 0 Å². The molecule has 1 aliphatic carbocycles. The number of pyridine rings is 2. The van der Waals surface area contributed by atoms with Gasteiger partial charge in [0.2, 0.25) is 5.56 Å². The first-order valence-corrected chi connectivity index (χ1v) is 7.03. The van der Waals surface area contributed by atoms with Gasteiger partial charge in [0.15, 0.2) is 0 Å². The van der Waals surface area contributed by atoms with E-state index in [2.05, 4.69) is 15.3 Å². The van der Waals surface area contributed by atoms with Crippen LogP contribution < -0.4 is 10.9 Å². The van der Waals surface area contributed by atoms with Crippen LogP contribution >= 0.6 is 0 Å². The van der Waals surface area contributed by atoms with Crippen LogP contribution in [0.3, 0.4) is 0 Å². The molecule has 100 valence electrons. The van der Waals surface area contributed by atoms with Crippen molar-refractivity contribution in [2.75, 3.05) is 0 Å². The summed E-state index contributed by atoms with van der Waals surface area (Å²) in [6.07, 6.45) is 6.56. The number of fused-ring (bicyclic) bond motifs is 1. The highest BCUT2D eigenvalue weighted by Crippen LogP contribution is 2.17. The van der Waals surface area contributed by atoms with E-state index in [-0.39, 0.29) is 5.56 Å². The van der Waals surface area contributed by atoms with E-state index in [0.29, 0.717) is 11.7 Å². The Hall–Kier alpha value is -1.68. The third-order valence-corrected chi connectivity index (χ3v) is 3.82. The Balaban J connectivity index is 1.72. The summed E-state index contributed by atoms with van der Waals surface area (Å²) in [5.74, 6) is 0. The van der Waals surface area contributed by atoms with Crippen LogP contribution in [0.25, 0.3) is 11.0 Å². The number of hydrogen-bond acceptors (Lipinski definition) is 3. The Morgan fingerprint density at radius 1 is 1.16 bits per heavy atom. The van der Waals surface area contributed by atoms with Crippen molar-refractivity contribution in [3.8, 4) is 0 Å². The highest BCUT2D eigenvalue weighted by atomic mass is 16.1. The molecule has 1 aliphatic rings. The number of H-pyrrole nitrogens is 1. The zero-order valence-corrected chi connectivity index (χ0v) is 11.0. The summed E-state index contributed by atoms with van der Waals surface area (Å²) in [5.41, 5.74) is 1.56. The molecule has 0 atom stereocenters. The van der Waals surface area contributed by atoms with Crippen molar-refractivity contribution < 1.29 is 0 Å². The van der Waals surface area contributed by atoms with Crippen LogP contribution in [0.5, 0.6) is 0 Å². The minimum absolute atomic E-state index is 0.0996. The van der Waals surface area contributed by atoms with Crippen LogP contribution in [0, 0.1) is 0 Å². The summed E-state index contributed by atoms with van der Waals surface area (Å²) < 4.78 is 0. The van der Waals surface area contributed by atoms with Crippen LogP contribution in [0.15, 0.2) is 29.1 Å². The summed E-state index contributed by atoms with van der Waals surface area (Å²) in [4.78, 5) is 18.6. The fourth-order valence-corrected chi connectivity index (χ4v) is 2.72. The van der Waals surface area contributed by atoms with Crippen molar-refractivity contribution in [1.82, 2.24) is 15.3 Å². The molecule has 1 fully saturated rings. The first-order chi connectivity index (χ1) is 9.31. The summed E-state index contributed by atoms with van der Waals surface area (Å²) in [6.45, 7) is 0.775. The third-order valence-electron chi connectivity index (χ3n) is 3.82. The van der Waals surface area contributed by atoms with E-state index in [4.69, 9.17) is 0 Å². The molecule has 0 saturated heterocycles. The molecule has 2 aromatic rings. The highest BCUT2D eigenvalue weighted by Gasteiger charge is 2.12. The molecule has 4 nitrogen and oxygen atoms in total. The Kier molecular flexibility index (Phi) is 3.60. The van der Waals surface area contributed by atoms with Gasteiger partial charge in [-0.3, -0.25) is 4.79 Å². The molecule has 0 aliphatic heterocycles. The van der Waals surface area contributed by atoms with Crippen LogP contribution in [-0.2, 0) is 6.54 Å². The molecule has 4 heteroatoms. The average Bonchev–Trinajstić information content (AvgIpc) is 2.46. The molecule has 2 aromatic heterocycles. The Morgan fingerprint density at radius 2 is 1.95 bits per heavy atom. The van der Waals surface area contributed by atoms with Crippen molar-refractivity contribution >= 4 is 11.0 Å². The molecule has 0 bridgehead atoms. The van der Waals surface area contributed by atoms with Gasteiger partial charge in [-0.2, -0.15) is 0 Å². The maximum atomic E-state index is 11.3. The van der Waals surface area contributed by atoms with Gasteiger partial charge in [-0.15, -0.1) is 0 Å². The molecule has 0 aromatic carbocycles. The number of rotatable bonds is 3. The molecule has 0 radical (unpaired) electrons. The number of aromatic amines is 1. The molecule has 19 heavy (non-hydrogen) atoms. The van der Waals surface area contributed by atoms with E-state index in [0.717, 1.165) is 17.6 Å². The van der Waals surface area contributed by atoms with E-state index < -0.39 is 0 Å². The van der Waals surface area contributed by atoms with Crippen LogP contribution in [0.1, 0.15) is 37.8 Å². The lowest BCUT2D eigenvalue weighted by atomic mass is 9.95. The zero-order chi connectivity index (χ0) is 13.1. The van der Waals surface area contributed by atoms with Gasteiger partial charge in [-0.1, -0.05) is 19.3 Å². The number of nitrogens with zero attached hydrogens (tertiary/aromatic N) is 1.